The lowest BCUT2D eigenvalue weighted by atomic mass is 9.78. The third-order valence-corrected chi connectivity index (χ3v) is 5.78. The van der Waals surface area contributed by atoms with E-state index in [4.69, 9.17) is 19.9 Å². The number of aliphatic hydroxyl groups is 2. The van der Waals surface area contributed by atoms with Crippen LogP contribution in [-0.2, 0) is 5.60 Å². The largest absolute Gasteiger partial charge is 0.497 e. The van der Waals surface area contributed by atoms with Crippen molar-refractivity contribution in [2.45, 2.75) is 37.7 Å². The zero-order valence-electron chi connectivity index (χ0n) is 19.3. The number of aliphatic hydroxyl groups excluding tert-OH is 1. The van der Waals surface area contributed by atoms with Gasteiger partial charge in [-0.05, 0) is 66.3 Å². The van der Waals surface area contributed by atoms with E-state index in [1.165, 1.54) is 0 Å². The van der Waals surface area contributed by atoms with Crippen molar-refractivity contribution in [1.82, 2.24) is 0 Å². The summed E-state index contributed by atoms with van der Waals surface area (Å²) in [5.41, 5.74) is 6.16. The van der Waals surface area contributed by atoms with E-state index in [1.807, 2.05) is 73.7 Å². The van der Waals surface area contributed by atoms with Crippen molar-refractivity contribution in [2.24, 2.45) is 11.7 Å². The van der Waals surface area contributed by atoms with Crippen molar-refractivity contribution in [3.05, 3.63) is 90.0 Å². The number of ether oxygens (including phenoxy) is 3. The molecule has 0 spiro atoms. The van der Waals surface area contributed by atoms with Crippen LogP contribution in [0.3, 0.4) is 0 Å². The smallest absolute Gasteiger partial charge is 0.173 e. The van der Waals surface area contributed by atoms with Crippen molar-refractivity contribution < 1.29 is 24.4 Å². The lowest BCUT2D eigenvalue weighted by Gasteiger charge is -2.33. The second-order valence-electron chi connectivity index (χ2n) is 8.33. The van der Waals surface area contributed by atoms with Crippen LogP contribution in [0.4, 0.5) is 0 Å². The second kappa shape index (κ2) is 11.2. The van der Waals surface area contributed by atoms with Gasteiger partial charge in [-0.15, -0.1) is 0 Å². The van der Waals surface area contributed by atoms with Crippen molar-refractivity contribution in [3.63, 3.8) is 0 Å². The molecular weight excluding hydrogens is 418 g/mol. The first-order valence-electron chi connectivity index (χ1n) is 11.0. The minimum atomic E-state index is -1.33. The molecular formula is C27H33NO5. The van der Waals surface area contributed by atoms with Crippen molar-refractivity contribution in [3.8, 4) is 17.2 Å². The van der Waals surface area contributed by atoms with E-state index in [0.29, 0.717) is 41.2 Å². The van der Waals surface area contributed by atoms with Gasteiger partial charge in [-0.1, -0.05) is 49.4 Å². The summed E-state index contributed by atoms with van der Waals surface area (Å²) in [5, 5.41) is 22.7. The van der Waals surface area contributed by atoms with Crippen LogP contribution < -0.4 is 19.9 Å². The topological polar surface area (TPSA) is 94.2 Å². The maximum Gasteiger partial charge on any atom is 0.173 e. The zero-order chi connectivity index (χ0) is 23.8. The van der Waals surface area contributed by atoms with E-state index in [1.54, 1.807) is 26.4 Å². The van der Waals surface area contributed by atoms with Crippen LogP contribution in [0.2, 0.25) is 0 Å². The summed E-state index contributed by atoms with van der Waals surface area (Å²) in [6, 6.07) is 23.9. The van der Waals surface area contributed by atoms with Gasteiger partial charge in [0, 0.05) is 0 Å². The lowest BCUT2D eigenvalue weighted by molar-refractivity contribution is 0.00665. The molecule has 0 aliphatic carbocycles. The summed E-state index contributed by atoms with van der Waals surface area (Å²) in [5.74, 6) is 1.81. The maximum absolute atomic E-state index is 12.0. The quantitative estimate of drug-likeness (QED) is 0.380. The van der Waals surface area contributed by atoms with E-state index >= 15 is 0 Å². The highest BCUT2D eigenvalue weighted by molar-refractivity contribution is 5.42. The molecule has 3 rings (SSSR count). The Morgan fingerprint density at radius 1 is 0.818 bits per heavy atom. The number of hydrogen-bond donors (Lipinski definition) is 3. The second-order valence-corrected chi connectivity index (χ2v) is 8.33. The third kappa shape index (κ3) is 6.26. The van der Waals surface area contributed by atoms with Crippen molar-refractivity contribution >= 4 is 0 Å². The Balaban J connectivity index is 1.81. The van der Waals surface area contributed by atoms with E-state index in [2.05, 4.69) is 0 Å². The molecule has 33 heavy (non-hydrogen) atoms. The first-order valence-corrected chi connectivity index (χ1v) is 11.0. The fourth-order valence-corrected chi connectivity index (χ4v) is 4.03. The van der Waals surface area contributed by atoms with Gasteiger partial charge in [-0.25, -0.2) is 0 Å². The predicted octanol–water partition coefficient (Wildman–Crippen LogP) is 4.08. The molecule has 3 aromatic rings. The Kier molecular flexibility index (Phi) is 8.33. The van der Waals surface area contributed by atoms with Crippen LogP contribution >= 0.6 is 0 Å². The zero-order valence-corrected chi connectivity index (χ0v) is 19.3. The minimum absolute atomic E-state index is 0.0900. The van der Waals surface area contributed by atoms with Crippen LogP contribution in [0.15, 0.2) is 78.9 Å². The molecule has 3 atom stereocenters. The van der Waals surface area contributed by atoms with Gasteiger partial charge in [0.15, 0.2) is 6.23 Å². The first kappa shape index (κ1) is 24.6. The Bertz CT molecular complexity index is 963. The minimum Gasteiger partial charge on any atom is -0.497 e. The molecule has 3 aromatic carbocycles. The summed E-state index contributed by atoms with van der Waals surface area (Å²) in [6.07, 6.45) is -1.08. The van der Waals surface area contributed by atoms with E-state index < -0.39 is 17.9 Å². The Morgan fingerprint density at radius 3 is 1.85 bits per heavy atom. The molecule has 6 heteroatoms. The molecule has 0 heterocycles. The molecule has 0 aromatic heterocycles. The molecule has 176 valence electrons. The van der Waals surface area contributed by atoms with Gasteiger partial charge in [0.25, 0.3) is 0 Å². The molecule has 2 unspecified atom stereocenters. The van der Waals surface area contributed by atoms with Crippen LogP contribution in [0.1, 0.15) is 30.9 Å². The van der Waals surface area contributed by atoms with Crippen molar-refractivity contribution in [1.29, 1.82) is 0 Å². The molecule has 0 aliphatic rings. The number of methoxy groups -OCH3 is 2. The van der Waals surface area contributed by atoms with Gasteiger partial charge < -0.3 is 24.4 Å². The van der Waals surface area contributed by atoms with Gasteiger partial charge in [0.1, 0.15) is 29.0 Å². The number of benzene rings is 3. The molecule has 0 saturated heterocycles. The molecule has 0 amide bonds. The van der Waals surface area contributed by atoms with Gasteiger partial charge in [0.05, 0.1) is 14.2 Å². The number of para-hydroxylation sites is 1. The lowest BCUT2D eigenvalue weighted by Crippen LogP contribution is -2.41. The summed E-state index contributed by atoms with van der Waals surface area (Å²) >= 11 is 0. The Morgan fingerprint density at radius 2 is 1.33 bits per heavy atom. The fourth-order valence-electron chi connectivity index (χ4n) is 4.03. The van der Waals surface area contributed by atoms with E-state index in [-0.39, 0.29) is 5.92 Å². The van der Waals surface area contributed by atoms with Gasteiger partial charge in [0.2, 0.25) is 0 Å². The summed E-state index contributed by atoms with van der Waals surface area (Å²) in [4.78, 5) is 0. The monoisotopic (exact) mass is 451 g/mol. The maximum atomic E-state index is 12.0. The number of hydrogen-bond acceptors (Lipinski definition) is 6. The summed E-state index contributed by atoms with van der Waals surface area (Å²) in [6.45, 7) is 1.98. The highest BCUT2D eigenvalue weighted by Gasteiger charge is 2.35. The van der Waals surface area contributed by atoms with Gasteiger partial charge in [-0.3, -0.25) is 5.73 Å². The van der Waals surface area contributed by atoms with Gasteiger partial charge >= 0.3 is 0 Å². The first-order chi connectivity index (χ1) is 15.9. The third-order valence-electron chi connectivity index (χ3n) is 5.78. The van der Waals surface area contributed by atoms with Crippen molar-refractivity contribution in [2.75, 3.05) is 14.2 Å². The van der Waals surface area contributed by atoms with Crippen LogP contribution in [0.25, 0.3) is 0 Å². The summed E-state index contributed by atoms with van der Waals surface area (Å²) < 4.78 is 16.4. The fraction of sp³-hybridized carbons (Fsp3) is 0.333. The van der Waals surface area contributed by atoms with Crippen LogP contribution in [-0.4, -0.2) is 36.8 Å². The molecule has 0 fully saturated rings. The number of nitrogens with two attached hydrogens (primary N) is 1. The molecule has 6 nitrogen and oxygen atoms in total. The molecule has 4 N–H and O–H groups in total. The molecule has 0 radical (unpaired) electrons. The van der Waals surface area contributed by atoms with Crippen LogP contribution in [0.5, 0.6) is 17.2 Å². The normalized spacial score (nSPS) is 14.2. The highest BCUT2D eigenvalue weighted by atomic mass is 16.5. The standard InChI is InChI=1S/C27H33NO5/c1-19(15-25(29)26(28)33-22-11-5-4-6-12-22)18-27(30,20-9-7-13-23(16-20)31-2)21-10-8-14-24(17-21)32-3/h4-14,16-17,19,25-26,29-30H,15,18,28H2,1-3H3/t19?,25-,26?/m0/s1. The highest BCUT2D eigenvalue weighted by Crippen LogP contribution is 2.39. The van der Waals surface area contributed by atoms with E-state index in [0.717, 1.165) is 0 Å². The Hall–Kier alpha value is -3.06. The molecule has 0 aliphatic heterocycles. The molecule has 0 saturated carbocycles. The predicted molar refractivity (Wildman–Crippen MR) is 128 cm³/mol. The Labute approximate surface area is 195 Å². The average molecular weight is 452 g/mol. The number of rotatable bonds is 11. The van der Waals surface area contributed by atoms with E-state index in [9.17, 15) is 10.2 Å². The van der Waals surface area contributed by atoms with Gasteiger partial charge in [-0.2, -0.15) is 0 Å². The average Bonchev–Trinajstić information content (AvgIpc) is 2.84. The van der Waals surface area contributed by atoms with Crippen LogP contribution in [0, 0.1) is 5.92 Å². The molecule has 0 bridgehead atoms. The summed E-state index contributed by atoms with van der Waals surface area (Å²) in [7, 11) is 3.19. The SMILES string of the molecule is COc1cccc(C(O)(CC(C)C[C@H](O)C(N)Oc2ccccc2)c2cccc(OC)c2)c1.